The summed E-state index contributed by atoms with van der Waals surface area (Å²) in [7, 11) is -3.69. The summed E-state index contributed by atoms with van der Waals surface area (Å²) in [4.78, 5) is 11.3. The van der Waals surface area contributed by atoms with Gasteiger partial charge in [-0.15, -0.1) is 0 Å². The molecule has 1 unspecified atom stereocenters. The first-order chi connectivity index (χ1) is 9.90. The molecule has 0 spiro atoms. The smallest absolute Gasteiger partial charge is 0.249 e. The fourth-order valence-electron chi connectivity index (χ4n) is 2.08. The quantitative estimate of drug-likeness (QED) is 0.670. The maximum atomic E-state index is 12.2. The van der Waals surface area contributed by atoms with Crippen LogP contribution in [0, 0.1) is 6.92 Å². The van der Waals surface area contributed by atoms with E-state index in [1.54, 1.807) is 13.0 Å². The maximum absolute atomic E-state index is 12.2. The van der Waals surface area contributed by atoms with Crippen LogP contribution < -0.4 is 15.8 Å². The molecule has 1 aliphatic heterocycles. The lowest BCUT2D eigenvalue weighted by Gasteiger charge is -2.23. The van der Waals surface area contributed by atoms with Gasteiger partial charge in [-0.1, -0.05) is 6.07 Å². The normalized spacial score (nSPS) is 19.4. The maximum Gasteiger partial charge on any atom is 0.249 e. The number of rotatable bonds is 5. The van der Waals surface area contributed by atoms with Gasteiger partial charge in [-0.25, -0.2) is 13.1 Å². The van der Waals surface area contributed by atoms with E-state index in [1.807, 2.05) is 0 Å². The summed E-state index contributed by atoms with van der Waals surface area (Å²) in [5, 5.41) is 3.16. The molecular weight excluding hydrogens is 294 g/mol. The minimum Gasteiger partial charge on any atom is -0.378 e. The fourth-order valence-corrected chi connectivity index (χ4v) is 3.19. The van der Waals surface area contributed by atoms with Gasteiger partial charge in [0, 0.05) is 24.7 Å². The monoisotopic (exact) mass is 313 g/mol. The van der Waals surface area contributed by atoms with Gasteiger partial charge >= 0.3 is 0 Å². The van der Waals surface area contributed by atoms with Crippen LogP contribution in [-0.2, 0) is 14.8 Å². The second-order valence-corrected chi connectivity index (χ2v) is 6.69. The molecule has 0 aromatic heterocycles. The van der Waals surface area contributed by atoms with Crippen molar-refractivity contribution < 1.29 is 17.9 Å². The summed E-state index contributed by atoms with van der Waals surface area (Å²) >= 11 is 0. The predicted octanol–water partition coefficient (Wildman–Crippen LogP) is -0.639. The van der Waals surface area contributed by atoms with Gasteiger partial charge in [-0.05, 0) is 24.6 Å². The largest absolute Gasteiger partial charge is 0.378 e. The third-order valence-corrected chi connectivity index (χ3v) is 4.72. The van der Waals surface area contributed by atoms with Crippen LogP contribution in [-0.4, -0.2) is 46.7 Å². The molecule has 2 rings (SSSR count). The molecule has 1 amide bonds. The van der Waals surface area contributed by atoms with Crippen molar-refractivity contribution in [2.45, 2.75) is 17.9 Å². The van der Waals surface area contributed by atoms with E-state index in [4.69, 9.17) is 10.5 Å². The average Bonchev–Trinajstić information content (AvgIpc) is 2.46. The summed E-state index contributed by atoms with van der Waals surface area (Å²) in [6, 6.07) is 4.26. The van der Waals surface area contributed by atoms with Gasteiger partial charge in [0.05, 0.1) is 18.1 Å². The Kier molecular flexibility index (Phi) is 4.94. The van der Waals surface area contributed by atoms with Crippen LogP contribution in [0.1, 0.15) is 15.9 Å². The first kappa shape index (κ1) is 15.9. The van der Waals surface area contributed by atoms with E-state index in [9.17, 15) is 13.2 Å². The van der Waals surface area contributed by atoms with Crippen molar-refractivity contribution in [3.8, 4) is 0 Å². The summed E-state index contributed by atoms with van der Waals surface area (Å²) in [5.74, 6) is -0.646. The number of sulfonamides is 1. The number of morpholine rings is 1. The van der Waals surface area contributed by atoms with Gasteiger partial charge in [-0.3, -0.25) is 4.79 Å². The lowest BCUT2D eigenvalue weighted by molar-refractivity contribution is 0.0784. The molecule has 8 heteroatoms. The first-order valence-corrected chi connectivity index (χ1v) is 8.10. The highest BCUT2D eigenvalue weighted by Crippen LogP contribution is 2.15. The standard InChI is InChI=1S/C13H19N3O4S/c1-9-2-3-11(6-12(9)13(14)17)21(18,19)16-7-10-8-20-5-4-15-10/h2-3,6,10,15-16H,4-5,7-8H2,1H3,(H2,14,17). The van der Waals surface area contributed by atoms with E-state index in [1.165, 1.54) is 12.1 Å². The van der Waals surface area contributed by atoms with Crippen LogP contribution in [0.4, 0.5) is 0 Å². The summed E-state index contributed by atoms with van der Waals surface area (Å²) < 4.78 is 32.2. The number of nitrogens with one attached hydrogen (secondary N) is 2. The molecule has 4 N–H and O–H groups in total. The number of amides is 1. The van der Waals surface area contributed by atoms with E-state index in [-0.39, 0.29) is 23.0 Å². The zero-order chi connectivity index (χ0) is 15.5. The molecule has 1 aliphatic rings. The Morgan fingerprint density at radius 1 is 1.52 bits per heavy atom. The number of primary amides is 1. The van der Waals surface area contributed by atoms with Crippen LogP contribution in [0.15, 0.2) is 23.1 Å². The van der Waals surface area contributed by atoms with Crippen molar-refractivity contribution in [1.29, 1.82) is 0 Å². The number of nitrogens with two attached hydrogens (primary N) is 1. The fraction of sp³-hybridized carbons (Fsp3) is 0.462. The number of aryl methyl sites for hydroxylation is 1. The van der Waals surface area contributed by atoms with Gasteiger partial charge in [0.2, 0.25) is 15.9 Å². The molecule has 7 nitrogen and oxygen atoms in total. The number of carbonyl (C=O) groups excluding carboxylic acids is 1. The lowest BCUT2D eigenvalue weighted by Crippen LogP contribution is -2.48. The Morgan fingerprint density at radius 3 is 2.90 bits per heavy atom. The third kappa shape index (κ3) is 4.01. The zero-order valence-corrected chi connectivity index (χ0v) is 12.6. The SMILES string of the molecule is Cc1ccc(S(=O)(=O)NCC2COCCN2)cc1C(N)=O. The van der Waals surface area contributed by atoms with Crippen LogP contribution in [0.3, 0.4) is 0 Å². The Balaban J connectivity index is 2.11. The second kappa shape index (κ2) is 6.52. The molecule has 0 radical (unpaired) electrons. The first-order valence-electron chi connectivity index (χ1n) is 6.61. The van der Waals surface area contributed by atoms with Crippen LogP contribution in [0.5, 0.6) is 0 Å². The number of hydrogen-bond acceptors (Lipinski definition) is 5. The van der Waals surface area contributed by atoms with Crippen molar-refractivity contribution in [1.82, 2.24) is 10.0 Å². The highest BCUT2D eigenvalue weighted by molar-refractivity contribution is 7.89. The van der Waals surface area contributed by atoms with Crippen molar-refractivity contribution in [2.75, 3.05) is 26.3 Å². The lowest BCUT2D eigenvalue weighted by atomic mass is 10.1. The summed E-state index contributed by atoms with van der Waals surface area (Å²) in [6.07, 6.45) is 0. The van der Waals surface area contributed by atoms with Gasteiger partial charge < -0.3 is 15.8 Å². The molecular formula is C13H19N3O4S. The van der Waals surface area contributed by atoms with Crippen LogP contribution in [0.2, 0.25) is 0 Å². The Hall–Kier alpha value is -1.48. The molecule has 0 saturated carbocycles. The number of hydrogen-bond donors (Lipinski definition) is 3. The molecule has 1 saturated heterocycles. The number of benzene rings is 1. The Bertz CT molecular complexity index is 624. The molecule has 21 heavy (non-hydrogen) atoms. The van der Waals surface area contributed by atoms with Gasteiger partial charge in [0.25, 0.3) is 0 Å². The second-order valence-electron chi connectivity index (χ2n) is 4.92. The molecule has 116 valence electrons. The Morgan fingerprint density at radius 2 is 2.29 bits per heavy atom. The minimum atomic E-state index is -3.69. The molecule has 1 aromatic carbocycles. The number of ether oxygens (including phenoxy) is 1. The van der Waals surface area contributed by atoms with Crippen molar-refractivity contribution in [3.63, 3.8) is 0 Å². The Labute approximate surface area is 123 Å². The highest BCUT2D eigenvalue weighted by Gasteiger charge is 2.20. The average molecular weight is 313 g/mol. The molecule has 0 bridgehead atoms. The third-order valence-electron chi connectivity index (χ3n) is 3.30. The van der Waals surface area contributed by atoms with E-state index in [0.717, 1.165) is 0 Å². The minimum absolute atomic E-state index is 0.0265. The van der Waals surface area contributed by atoms with E-state index in [0.29, 0.717) is 25.3 Å². The molecule has 0 aliphatic carbocycles. The van der Waals surface area contributed by atoms with Gasteiger partial charge in [-0.2, -0.15) is 0 Å². The molecule has 1 aromatic rings. The molecule has 1 heterocycles. The highest BCUT2D eigenvalue weighted by atomic mass is 32.2. The zero-order valence-electron chi connectivity index (χ0n) is 11.8. The predicted molar refractivity (Wildman–Crippen MR) is 77.5 cm³/mol. The van der Waals surface area contributed by atoms with Crippen LogP contribution in [0.25, 0.3) is 0 Å². The summed E-state index contributed by atoms with van der Waals surface area (Å²) in [6.45, 7) is 3.71. The van der Waals surface area contributed by atoms with Crippen molar-refractivity contribution in [3.05, 3.63) is 29.3 Å². The van der Waals surface area contributed by atoms with Gasteiger partial charge in [0.1, 0.15) is 0 Å². The van der Waals surface area contributed by atoms with Crippen LogP contribution >= 0.6 is 0 Å². The van der Waals surface area contributed by atoms with E-state index in [2.05, 4.69) is 10.0 Å². The molecule has 1 fully saturated rings. The number of carbonyl (C=O) groups is 1. The van der Waals surface area contributed by atoms with E-state index < -0.39 is 15.9 Å². The van der Waals surface area contributed by atoms with Gasteiger partial charge in [0.15, 0.2) is 0 Å². The topological polar surface area (TPSA) is 111 Å². The van der Waals surface area contributed by atoms with Crippen molar-refractivity contribution in [2.24, 2.45) is 5.73 Å². The van der Waals surface area contributed by atoms with E-state index >= 15 is 0 Å². The van der Waals surface area contributed by atoms with Crippen molar-refractivity contribution >= 4 is 15.9 Å². The summed E-state index contributed by atoms with van der Waals surface area (Å²) in [5.41, 5.74) is 6.08. The molecule has 1 atom stereocenters.